The van der Waals surface area contributed by atoms with Gasteiger partial charge in [-0.2, -0.15) is 0 Å². The molecule has 1 atom stereocenters. The van der Waals surface area contributed by atoms with Crippen molar-refractivity contribution in [3.63, 3.8) is 0 Å². The summed E-state index contributed by atoms with van der Waals surface area (Å²) in [5, 5.41) is 17.3. The second kappa shape index (κ2) is 14.1. The summed E-state index contributed by atoms with van der Waals surface area (Å²) in [6.07, 6.45) is 3.38. The molecular weight excluding hydrogens is 506 g/mol. The summed E-state index contributed by atoms with van der Waals surface area (Å²) in [6.45, 7) is 14.8. The summed E-state index contributed by atoms with van der Waals surface area (Å²) in [6, 6.07) is 5.24. The first-order chi connectivity index (χ1) is 18.0. The van der Waals surface area contributed by atoms with Crippen LogP contribution in [0.15, 0.2) is 49.7 Å². The fourth-order valence-electron chi connectivity index (χ4n) is 3.48. The van der Waals surface area contributed by atoms with Crippen LogP contribution in [-0.2, 0) is 21.0 Å². The van der Waals surface area contributed by atoms with Gasteiger partial charge in [0.05, 0.1) is 24.5 Å². The van der Waals surface area contributed by atoms with E-state index in [2.05, 4.69) is 53.5 Å². The third-order valence-corrected chi connectivity index (χ3v) is 7.08. The molecule has 0 aliphatic carbocycles. The number of nitrogens with one attached hydrogen (secondary N) is 3. The molecule has 0 unspecified atom stereocenters. The minimum atomic E-state index is -1.30. The first-order valence-electron chi connectivity index (χ1n) is 12.1. The molecule has 12 heteroatoms. The molecule has 4 N–H and O–H groups in total. The Labute approximate surface area is 223 Å². The van der Waals surface area contributed by atoms with E-state index in [0.717, 1.165) is 6.04 Å². The van der Waals surface area contributed by atoms with Crippen LogP contribution >= 0.6 is 0 Å². The molecule has 206 valence electrons. The van der Waals surface area contributed by atoms with E-state index in [0.29, 0.717) is 41.5 Å². The van der Waals surface area contributed by atoms with Crippen molar-refractivity contribution in [2.45, 2.75) is 51.3 Å². The van der Waals surface area contributed by atoms with Gasteiger partial charge in [-0.05, 0) is 30.7 Å². The molecule has 1 aromatic carbocycles. The fourth-order valence-corrected chi connectivity index (χ4v) is 4.23. The number of rotatable bonds is 14. The Hall–Kier alpha value is -3.90. The Balaban J connectivity index is 2.53. The van der Waals surface area contributed by atoms with Crippen LogP contribution in [0.4, 0.5) is 21.0 Å². The Kier molecular flexibility index (Phi) is 11.3. The number of carbonyl (C=O) groups is 3. The number of anilines is 2. The maximum atomic E-state index is 12.4. The van der Waals surface area contributed by atoms with E-state index in [4.69, 9.17) is 9.72 Å². The summed E-state index contributed by atoms with van der Waals surface area (Å²) < 4.78 is 12.3. The summed E-state index contributed by atoms with van der Waals surface area (Å²) in [5.74, 6) is 0.137. The molecule has 0 radical (unpaired) electrons. The highest BCUT2D eigenvalue weighted by Gasteiger charge is 2.22. The van der Waals surface area contributed by atoms with Gasteiger partial charge >= 0.3 is 12.2 Å². The van der Waals surface area contributed by atoms with E-state index in [1.165, 1.54) is 13.2 Å². The van der Waals surface area contributed by atoms with E-state index in [1.54, 1.807) is 35.0 Å². The van der Waals surface area contributed by atoms with Gasteiger partial charge in [0.15, 0.2) is 0 Å². The Morgan fingerprint density at radius 3 is 2.53 bits per heavy atom. The van der Waals surface area contributed by atoms with Crippen molar-refractivity contribution in [2.75, 3.05) is 24.4 Å². The van der Waals surface area contributed by atoms with E-state index in [9.17, 15) is 19.5 Å². The zero-order valence-electron chi connectivity index (χ0n) is 22.4. The second-order valence-corrected chi connectivity index (χ2v) is 15.4. The van der Waals surface area contributed by atoms with Crippen LogP contribution in [0.2, 0.25) is 25.7 Å². The topological polar surface area (TPSA) is 144 Å². The van der Waals surface area contributed by atoms with E-state index in [-0.39, 0.29) is 19.1 Å². The number of hydrogen-bond acceptors (Lipinski definition) is 6. The summed E-state index contributed by atoms with van der Waals surface area (Å²) in [4.78, 5) is 40.3. The molecular formula is C26H37N5O6Si. The minimum Gasteiger partial charge on any atom is -0.465 e. The molecule has 0 spiro atoms. The average molecular weight is 544 g/mol. The number of methoxy groups -OCH3 is 1. The lowest BCUT2D eigenvalue weighted by molar-refractivity contribution is -0.115. The van der Waals surface area contributed by atoms with Crippen molar-refractivity contribution in [1.29, 1.82) is 0 Å². The second-order valence-electron chi connectivity index (χ2n) is 9.75. The monoisotopic (exact) mass is 543 g/mol. The Morgan fingerprint density at radius 2 is 1.92 bits per heavy atom. The van der Waals surface area contributed by atoms with Crippen LogP contribution in [0.1, 0.15) is 24.7 Å². The molecule has 0 fully saturated rings. The lowest BCUT2D eigenvalue weighted by Crippen LogP contribution is -2.29. The third kappa shape index (κ3) is 9.52. The highest BCUT2D eigenvalue weighted by molar-refractivity contribution is 6.76. The highest BCUT2D eigenvalue weighted by atomic mass is 28.3. The quantitative estimate of drug-likeness (QED) is 0.141. The average Bonchev–Trinajstić information content (AvgIpc) is 3.24. The number of carboxylic acid groups (broad SMARTS) is 1. The van der Waals surface area contributed by atoms with E-state index in [1.807, 2.05) is 0 Å². The standard InChI is InChI=1S/C26H37N5O6Si/c1-7-9-20(30-25(33)34)24-29-22(16-31(24)17-37-13-14-38(4,5)6)19-12-11-18(27-26(35)36-3)15-21(19)28-23(32)10-8-2/h7-8,11-12,15-16,20,30H,1-2,9-10,13-14,17H2,3-6H3,(H,27,35)(H,28,32)(H,33,34)/t20-/m0/s1. The maximum Gasteiger partial charge on any atom is 0.411 e. The van der Waals surface area contributed by atoms with Crippen molar-refractivity contribution in [3.05, 3.63) is 55.5 Å². The summed E-state index contributed by atoms with van der Waals surface area (Å²) in [5.41, 5.74) is 1.84. The first kappa shape index (κ1) is 30.3. The predicted octanol–water partition coefficient (Wildman–Crippen LogP) is 5.44. The predicted molar refractivity (Wildman–Crippen MR) is 150 cm³/mol. The molecule has 0 aliphatic rings. The highest BCUT2D eigenvalue weighted by Crippen LogP contribution is 2.32. The van der Waals surface area contributed by atoms with Crippen LogP contribution in [0, 0.1) is 0 Å². The summed E-state index contributed by atoms with van der Waals surface area (Å²) in [7, 11) is -0.0510. The van der Waals surface area contributed by atoms with Crippen molar-refractivity contribution < 1.29 is 29.0 Å². The number of carbonyl (C=O) groups excluding carboxylic acids is 2. The van der Waals surface area contributed by atoms with Crippen LogP contribution < -0.4 is 16.0 Å². The van der Waals surface area contributed by atoms with Gasteiger partial charge < -0.3 is 29.8 Å². The van der Waals surface area contributed by atoms with Gasteiger partial charge in [0.2, 0.25) is 5.91 Å². The number of benzene rings is 1. The number of hydrogen-bond donors (Lipinski definition) is 4. The van der Waals surface area contributed by atoms with Crippen LogP contribution in [0.25, 0.3) is 11.3 Å². The fraction of sp³-hybridized carbons (Fsp3) is 0.385. The smallest absolute Gasteiger partial charge is 0.411 e. The van der Waals surface area contributed by atoms with Gasteiger partial charge in [0, 0.05) is 38.5 Å². The number of nitrogens with zero attached hydrogens (tertiary/aromatic N) is 2. The Morgan fingerprint density at radius 1 is 1.18 bits per heavy atom. The van der Waals surface area contributed by atoms with Gasteiger partial charge in [-0.25, -0.2) is 14.6 Å². The number of amides is 3. The lowest BCUT2D eigenvalue weighted by atomic mass is 10.1. The first-order valence-corrected chi connectivity index (χ1v) is 15.8. The molecule has 11 nitrogen and oxygen atoms in total. The molecule has 0 bridgehead atoms. The number of imidazole rings is 1. The molecule has 2 rings (SSSR count). The van der Waals surface area contributed by atoms with Gasteiger partial charge in [-0.3, -0.25) is 10.1 Å². The molecule has 0 aliphatic heterocycles. The normalized spacial score (nSPS) is 11.8. The minimum absolute atomic E-state index is 0.0860. The van der Waals surface area contributed by atoms with Crippen molar-refractivity contribution in [1.82, 2.24) is 14.9 Å². The van der Waals surface area contributed by atoms with Crippen molar-refractivity contribution in [3.8, 4) is 11.3 Å². The Bertz CT molecular complexity index is 1160. The molecule has 0 saturated carbocycles. The van der Waals surface area contributed by atoms with E-state index >= 15 is 0 Å². The van der Waals surface area contributed by atoms with Crippen LogP contribution in [-0.4, -0.2) is 54.5 Å². The van der Waals surface area contributed by atoms with Crippen molar-refractivity contribution >= 4 is 37.5 Å². The van der Waals surface area contributed by atoms with Gasteiger partial charge in [0.1, 0.15) is 12.6 Å². The number of ether oxygens (including phenoxy) is 2. The largest absolute Gasteiger partial charge is 0.465 e. The molecule has 38 heavy (non-hydrogen) atoms. The van der Waals surface area contributed by atoms with Crippen molar-refractivity contribution in [2.24, 2.45) is 0 Å². The van der Waals surface area contributed by atoms with Gasteiger partial charge in [-0.1, -0.05) is 31.8 Å². The molecule has 2 aromatic rings. The van der Waals surface area contributed by atoms with E-state index < -0.39 is 26.3 Å². The van der Waals surface area contributed by atoms with Gasteiger partial charge in [0.25, 0.3) is 0 Å². The molecule has 1 heterocycles. The van der Waals surface area contributed by atoms with Gasteiger partial charge in [-0.15, -0.1) is 13.2 Å². The third-order valence-electron chi connectivity index (χ3n) is 5.38. The maximum absolute atomic E-state index is 12.4. The lowest BCUT2D eigenvalue weighted by Gasteiger charge is -2.18. The molecule has 1 aromatic heterocycles. The van der Waals surface area contributed by atoms with Crippen LogP contribution in [0.5, 0.6) is 0 Å². The molecule has 0 saturated heterocycles. The number of aromatic nitrogens is 2. The molecule has 3 amide bonds. The zero-order chi connectivity index (χ0) is 28.3. The zero-order valence-corrected chi connectivity index (χ0v) is 23.4. The SMILES string of the molecule is C=CCC(=O)Nc1cc(NC(=O)OC)ccc1-c1cn(COCC[Si](C)(C)C)c([C@H](CC=C)NC(=O)O)n1. The van der Waals surface area contributed by atoms with Crippen LogP contribution in [0.3, 0.4) is 0 Å². The summed E-state index contributed by atoms with van der Waals surface area (Å²) >= 11 is 0.